The molecule has 2 aromatic carbocycles. The van der Waals surface area contributed by atoms with E-state index >= 15 is 0 Å². The molecule has 0 radical (unpaired) electrons. The first-order valence-corrected chi connectivity index (χ1v) is 13.9. The molecule has 1 aliphatic heterocycles. The predicted molar refractivity (Wildman–Crippen MR) is 150 cm³/mol. The van der Waals surface area contributed by atoms with Crippen LogP contribution in [-0.2, 0) is 29.1 Å². The minimum atomic E-state index is -3.65. The number of rotatable bonds is 8. The first-order valence-electron chi connectivity index (χ1n) is 12.5. The van der Waals surface area contributed by atoms with Gasteiger partial charge in [0.05, 0.1) is 22.8 Å². The second-order valence-electron chi connectivity index (χ2n) is 9.30. The lowest BCUT2D eigenvalue weighted by atomic mass is 9.93. The van der Waals surface area contributed by atoms with Gasteiger partial charge in [-0.15, -0.1) is 0 Å². The Morgan fingerprint density at radius 2 is 1.73 bits per heavy atom. The van der Waals surface area contributed by atoms with E-state index in [1.165, 1.54) is 40.1 Å². The van der Waals surface area contributed by atoms with Crippen LogP contribution in [0.5, 0.6) is 0 Å². The Balaban J connectivity index is 1.85. The average Bonchev–Trinajstić information content (AvgIpc) is 3.37. The summed E-state index contributed by atoms with van der Waals surface area (Å²) >= 11 is 0. The highest BCUT2D eigenvalue weighted by Crippen LogP contribution is 2.31. The minimum absolute atomic E-state index is 0.102. The van der Waals surface area contributed by atoms with E-state index in [0.717, 1.165) is 14.9 Å². The SMILES string of the molecule is CC(=O)OCCN1C(=O)C(C#N)=C(C)/C(=C\c2cn(-c3ccccc3)nc2-c2ccc(S(=O)(=O)N(C)C)cc2)C1=O. The normalized spacial score (nSPS) is 15.0. The van der Waals surface area contributed by atoms with Crippen molar-refractivity contribution in [3.8, 4) is 23.0 Å². The smallest absolute Gasteiger partial charge is 0.302 e. The molecule has 0 saturated heterocycles. The van der Waals surface area contributed by atoms with Gasteiger partial charge >= 0.3 is 5.97 Å². The second kappa shape index (κ2) is 11.7. The third kappa shape index (κ3) is 5.86. The largest absolute Gasteiger partial charge is 0.464 e. The molecule has 0 saturated carbocycles. The van der Waals surface area contributed by atoms with Crippen molar-refractivity contribution in [2.45, 2.75) is 18.7 Å². The molecule has 0 fully saturated rings. The maximum absolute atomic E-state index is 13.5. The molecule has 12 heteroatoms. The first-order chi connectivity index (χ1) is 19.4. The number of imide groups is 1. The van der Waals surface area contributed by atoms with Crippen LogP contribution in [0.3, 0.4) is 0 Å². The third-order valence-electron chi connectivity index (χ3n) is 6.42. The van der Waals surface area contributed by atoms with Gasteiger partial charge in [-0.3, -0.25) is 19.3 Å². The van der Waals surface area contributed by atoms with Gasteiger partial charge in [0.15, 0.2) is 0 Å². The van der Waals surface area contributed by atoms with E-state index in [2.05, 4.69) is 0 Å². The number of nitriles is 1. The zero-order valence-electron chi connectivity index (χ0n) is 22.9. The number of benzene rings is 2. The number of esters is 1. The summed E-state index contributed by atoms with van der Waals surface area (Å²) in [4.78, 5) is 38.5. The number of aromatic nitrogens is 2. The lowest BCUT2D eigenvalue weighted by molar-refractivity contribution is -0.147. The molecule has 11 nitrogen and oxygen atoms in total. The molecule has 3 aromatic rings. The number of para-hydroxylation sites is 1. The van der Waals surface area contributed by atoms with Crippen molar-refractivity contribution < 1.29 is 27.5 Å². The fraction of sp³-hybridized carbons (Fsp3) is 0.207. The number of carbonyl (C=O) groups excluding carboxylic acids is 3. The van der Waals surface area contributed by atoms with Crippen LogP contribution in [0.2, 0.25) is 0 Å². The fourth-order valence-corrected chi connectivity index (χ4v) is 5.10. The number of ether oxygens (including phenoxy) is 1. The minimum Gasteiger partial charge on any atom is -0.464 e. The van der Waals surface area contributed by atoms with Crippen LogP contribution in [0.4, 0.5) is 0 Å². The van der Waals surface area contributed by atoms with Crippen LogP contribution in [0.25, 0.3) is 23.0 Å². The van der Waals surface area contributed by atoms with Crippen LogP contribution in [0.1, 0.15) is 19.4 Å². The number of hydrogen-bond acceptors (Lipinski definition) is 8. The van der Waals surface area contributed by atoms with E-state index in [1.54, 1.807) is 29.1 Å². The predicted octanol–water partition coefficient (Wildman–Crippen LogP) is 2.94. The number of nitrogens with zero attached hydrogens (tertiary/aromatic N) is 5. The van der Waals surface area contributed by atoms with Crippen molar-refractivity contribution in [1.82, 2.24) is 19.0 Å². The maximum atomic E-state index is 13.5. The zero-order valence-corrected chi connectivity index (χ0v) is 23.7. The van der Waals surface area contributed by atoms with Gasteiger partial charge < -0.3 is 4.74 Å². The third-order valence-corrected chi connectivity index (χ3v) is 8.24. The van der Waals surface area contributed by atoms with Crippen molar-refractivity contribution >= 4 is 33.9 Å². The van der Waals surface area contributed by atoms with E-state index in [0.29, 0.717) is 16.8 Å². The van der Waals surface area contributed by atoms with E-state index in [1.807, 2.05) is 36.4 Å². The Hall–Kier alpha value is -4.86. The first kappa shape index (κ1) is 29.1. The molecular weight excluding hydrogens is 546 g/mol. The fourth-order valence-electron chi connectivity index (χ4n) is 4.19. The van der Waals surface area contributed by atoms with Gasteiger partial charge in [0.2, 0.25) is 10.0 Å². The summed E-state index contributed by atoms with van der Waals surface area (Å²) in [5, 5.41) is 14.4. The monoisotopic (exact) mass is 573 g/mol. The molecule has 0 unspecified atom stereocenters. The topological polar surface area (TPSA) is 143 Å². The molecule has 1 aromatic heterocycles. The number of amides is 2. The van der Waals surface area contributed by atoms with Gasteiger partial charge in [-0.25, -0.2) is 17.4 Å². The molecule has 0 bridgehead atoms. The van der Waals surface area contributed by atoms with Crippen LogP contribution >= 0.6 is 0 Å². The van der Waals surface area contributed by atoms with Crippen LogP contribution in [0.15, 0.2) is 82.4 Å². The van der Waals surface area contributed by atoms with E-state index < -0.39 is 27.8 Å². The van der Waals surface area contributed by atoms with Crippen LogP contribution < -0.4 is 0 Å². The van der Waals surface area contributed by atoms with Gasteiger partial charge in [0.1, 0.15) is 18.2 Å². The molecule has 0 N–H and O–H groups in total. The Kier molecular flexibility index (Phi) is 8.32. The van der Waals surface area contributed by atoms with Gasteiger partial charge in [0.25, 0.3) is 11.8 Å². The van der Waals surface area contributed by atoms with Gasteiger partial charge in [-0.05, 0) is 42.8 Å². The number of carbonyl (C=O) groups is 3. The molecule has 4 rings (SSSR count). The second-order valence-corrected chi connectivity index (χ2v) is 11.4. The molecule has 210 valence electrons. The lowest BCUT2D eigenvalue weighted by Gasteiger charge is -2.27. The Labute approximate surface area is 237 Å². The maximum Gasteiger partial charge on any atom is 0.302 e. The molecule has 0 spiro atoms. The molecule has 41 heavy (non-hydrogen) atoms. The zero-order chi connectivity index (χ0) is 29.9. The molecule has 2 heterocycles. The summed E-state index contributed by atoms with van der Waals surface area (Å²) in [6.45, 7) is 2.30. The Morgan fingerprint density at radius 1 is 1.07 bits per heavy atom. The van der Waals surface area contributed by atoms with Crippen molar-refractivity contribution in [2.75, 3.05) is 27.2 Å². The highest BCUT2D eigenvalue weighted by atomic mass is 32.2. The molecular formula is C29H27N5O6S. The van der Waals surface area contributed by atoms with Crippen molar-refractivity contribution in [2.24, 2.45) is 0 Å². The summed E-state index contributed by atoms with van der Waals surface area (Å²) < 4.78 is 32.8. The van der Waals surface area contributed by atoms with Crippen LogP contribution in [-0.4, -0.2) is 72.4 Å². The molecule has 2 amide bonds. The summed E-state index contributed by atoms with van der Waals surface area (Å²) in [6, 6.07) is 17.3. The number of sulfonamides is 1. The Bertz CT molecular complexity index is 1730. The molecule has 0 atom stereocenters. The van der Waals surface area contributed by atoms with E-state index in [9.17, 15) is 28.1 Å². The number of hydrogen-bond donors (Lipinski definition) is 0. The van der Waals surface area contributed by atoms with Crippen molar-refractivity contribution in [3.05, 3.63) is 83.1 Å². The Morgan fingerprint density at radius 3 is 2.32 bits per heavy atom. The lowest BCUT2D eigenvalue weighted by Crippen LogP contribution is -2.44. The summed E-state index contributed by atoms with van der Waals surface area (Å²) in [6.07, 6.45) is 3.25. The molecule has 1 aliphatic rings. The summed E-state index contributed by atoms with van der Waals surface area (Å²) in [5.41, 5.74) is 2.36. The molecule has 0 aliphatic carbocycles. The van der Waals surface area contributed by atoms with Crippen molar-refractivity contribution in [1.29, 1.82) is 5.26 Å². The van der Waals surface area contributed by atoms with Gasteiger partial charge in [0, 0.05) is 43.9 Å². The average molecular weight is 574 g/mol. The quantitative estimate of drug-likeness (QED) is 0.227. The van der Waals surface area contributed by atoms with Crippen LogP contribution in [0, 0.1) is 11.3 Å². The van der Waals surface area contributed by atoms with E-state index in [-0.39, 0.29) is 34.8 Å². The highest BCUT2D eigenvalue weighted by Gasteiger charge is 2.35. The highest BCUT2D eigenvalue weighted by molar-refractivity contribution is 7.89. The summed E-state index contributed by atoms with van der Waals surface area (Å²) in [7, 11) is -0.756. The van der Waals surface area contributed by atoms with Crippen molar-refractivity contribution in [3.63, 3.8) is 0 Å². The van der Waals surface area contributed by atoms with E-state index in [4.69, 9.17) is 9.84 Å². The van der Waals surface area contributed by atoms with Gasteiger partial charge in [-0.2, -0.15) is 10.4 Å². The van der Waals surface area contributed by atoms with Gasteiger partial charge in [-0.1, -0.05) is 30.3 Å². The standard InChI is InChI=1S/C29H27N5O6S/c1-19-25(28(36)33(14-15-40-20(2)35)29(37)26(19)17-30)16-22-18-34(23-8-6-5-7-9-23)31-27(22)21-10-12-24(13-11-21)41(38,39)32(3)4/h5-13,16,18H,14-15H2,1-4H3/b25-16+. The summed E-state index contributed by atoms with van der Waals surface area (Å²) in [5.74, 6) is -1.98.